The van der Waals surface area contributed by atoms with Crippen LogP contribution < -0.4 is 20.9 Å². The molecule has 0 aliphatic rings. The molecule has 0 radical (unpaired) electrons. The summed E-state index contributed by atoms with van der Waals surface area (Å²) in [4.78, 5) is 36.5. The van der Waals surface area contributed by atoms with Gasteiger partial charge in [-0.25, -0.2) is 0 Å². The molecule has 0 unspecified atom stereocenters. The van der Waals surface area contributed by atoms with Gasteiger partial charge in [0, 0.05) is 16.8 Å². The number of hydrogen-bond donors (Lipinski definition) is 3. The van der Waals surface area contributed by atoms with Gasteiger partial charge in [0.15, 0.2) is 6.61 Å². The molecule has 3 N–H and O–H groups in total. The Balaban J connectivity index is 1.45. The highest BCUT2D eigenvalue weighted by Gasteiger charge is 2.10. The molecule has 0 fully saturated rings. The predicted molar refractivity (Wildman–Crippen MR) is 127 cm³/mol. The van der Waals surface area contributed by atoms with Crippen LogP contribution in [-0.4, -0.2) is 24.3 Å². The molecule has 0 heterocycles. The van der Waals surface area contributed by atoms with Crippen LogP contribution in [0.4, 0.5) is 5.69 Å². The first kappa shape index (κ1) is 23.5. The lowest BCUT2D eigenvalue weighted by Gasteiger charge is -2.10. The fraction of sp³-hybridized carbons (Fsp3) is 0.192. The van der Waals surface area contributed by atoms with Crippen LogP contribution in [0.2, 0.25) is 0 Å². The Labute approximate surface area is 193 Å². The van der Waals surface area contributed by atoms with Crippen LogP contribution in [0.1, 0.15) is 51.6 Å². The van der Waals surface area contributed by atoms with Crippen LogP contribution in [0.5, 0.6) is 5.75 Å². The molecule has 0 atom stereocenters. The van der Waals surface area contributed by atoms with Gasteiger partial charge in [0.05, 0.1) is 0 Å². The van der Waals surface area contributed by atoms with E-state index >= 15 is 0 Å². The standard InChI is InChI=1S/C26H27N3O4/c1-17(2)19-9-13-23(14-10-19)33-16-24(30)28-29-26(32)20-7-11-22(12-8-20)27-25(31)21-6-4-5-18(3)15-21/h4-15,17H,16H2,1-3H3,(H,27,31)(H,28,30)(H,29,32). The molecule has 0 aliphatic heterocycles. The number of aryl methyl sites for hydroxylation is 1. The number of anilines is 1. The van der Waals surface area contributed by atoms with Gasteiger partial charge in [-0.2, -0.15) is 0 Å². The molecule has 7 nitrogen and oxygen atoms in total. The van der Waals surface area contributed by atoms with E-state index < -0.39 is 11.8 Å². The van der Waals surface area contributed by atoms with Gasteiger partial charge >= 0.3 is 0 Å². The molecule has 0 spiro atoms. The molecule has 3 aromatic rings. The lowest BCUT2D eigenvalue weighted by Crippen LogP contribution is -2.43. The Kier molecular flexibility index (Phi) is 7.81. The quantitative estimate of drug-likeness (QED) is 0.475. The minimum atomic E-state index is -0.488. The average Bonchev–Trinajstić information content (AvgIpc) is 2.82. The van der Waals surface area contributed by atoms with Gasteiger partial charge in [-0.15, -0.1) is 0 Å². The SMILES string of the molecule is Cc1cccc(C(=O)Nc2ccc(C(=O)NNC(=O)COc3ccc(C(C)C)cc3)cc2)c1. The molecule has 0 bridgehead atoms. The van der Waals surface area contributed by atoms with E-state index in [-0.39, 0.29) is 12.5 Å². The highest BCUT2D eigenvalue weighted by atomic mass is 16.5. The first-order valence-corrected chi connectivity index (χ1v) is 10.6. The van der Waals surface area contributed by atoms with Crippen LogP contribution >= 0.6 is 0 Å². The topological polar surface area (TPSA) is 96.5 Å². The summed E-state index contributed by atoms with van der Waals surface area (Å²) >= 11 is 0. The zero-order valence-electron chi connectivity index (χ0n) is 18.8. The number of benzene rings is 3. The highest BCUT2D eigenvalue weighted by Crippen LogP contribution is 2.18. The van der Waals surface area contributed by atoms with Gasteiger partial charge in [0.25, 0.3) is 17.7 Å². The van der Waals surface area contributed by atoms with Gasteiger partial charge < -0.3 is 10.1 Å². The van der Waals surface area contributed by atoms with Crippen molar-refractivity contribution in [1.82, 2.24) is 10.9 Å². The van der Waals surface area contributed by atoms with Crippen molar-refractivity contribution in [2.24, 2.45) is 0 Å². The average molecular weight is 446 g/mol. The minimum Gasteiger partial charge on any atom is -0.484 e. The fourth-order valence-corrected chi connectivity index (χ4v) is 3.03. The molecular weight excluding hydrogens is 418 g/mol. The maximum absolute atomic E-state index is 12.3. The normalized spacial score (nSPS) is 10.4. The van der Waals surface area contributed by atoms with Gasteiger partial charge in [-0.05, 0) is 66.9 Å². The molecule has 7 heteroatoms. The van der Waals surface area contributed by atoms with Crippen molar-refractivity contribution in [1.29, 1.82) is 0 Å². The summed E-state index contributed by atoms with van der Waals surface area (Å²) in [6.07, 6.45) is 0. The summed E-state index contributed by atoms with van der Waals surface area (Å²) in [6, 6.07) is 21.1. The number of carbonyl (C=O) groups is 3. The second-order valence-electron chi connectivity index (χ2n) is 7.92. The van der Waals surface area contributed by atoms with Crippen LogP contribution in [-0.2, 0) is 4.79 Å². The Bertz CT molecular complexity index is 1120. The Morgan fingerprint density at radius 3 is 2.15 bits per heavy atom. The van der Waals surface area contributed by atoms with Crippen LogP contribution in [0.25, 0.3) is 0 Å². The van der Waals surface area contributed by atoms with E-state index in [1.807, 2.05) is 31.2 Å². The van der Waals surface area contributed by atoms with E-state index in [0.29, 0.717) is 28.5 Å². The maximum atomic E-state index is 12.3. The zero-order chi connectivity index (χ0) is 23.8. The van der Waals surface area contributed by atoms with Crippen LogP contribution in [0.3, 0.4) is 0 Å². The molecule has 0 saturated heterocycles. The molecule has 170 valence electrons. The van der Waals surface area contributed by atoms with Gasteiger partial charge in [-0.3, -0.25) is 25.2 Å². The van der Waals surface area contributed by atoms with Gasteiger partial charge in [0.2, 0.25) is 0 Å². The molecule has 3 aromatic carbocycles. The van der Waals surface area contributed by atoms with Crippen LogP contribution in [0, 0.1) is 6.92 Å². The van der Waals surface area contributed by atoms with E-state index in [9.17, 15) is 14.4 Å². The van der Waals surface area contributed by atoms with E-state index in [1.54, 1.807) is 48.5 Å². The number of ether oxygens (including phenoxy) is 1. The first-order valence-electron chi connectivity index (χ1n) is 10.6. The summed E-state index contributed by atoms with van der Waals surface area (Å²) in [7, 11) is 0. The molecule has 3 rings (SSSR count). The second-order valence-corrected chi connectivity index (χ2v) is 7.92. The lowest BCUT2D eigenvalue weighted by atomic mass is 10.0. The smallest absolute Gasteiger partial charge is 0.276 e. The Morgan fingerprint density at radius 1 is 0.818 bits per heavy atom. The van der Waals surface area contributed by atoms with E-state index in [0.717, 1.165) is 5.56 Å². The summed E-state index contributed by atoms with van der Waals surface area (Å²) in [5, 5.41) is 2.79. The van der Waals surface area contributed by atoms with Crippen LogP contribution in [0.15, 0.2) is 72.8 Å². The number of amides is 3. The first-order chi connectivity index (χ1) is 15.8. The van der Waals surface area contributed by atoms with E-state index in [1.165, 1.54) is 5.56 Å². The van der Waals surface area contributed by atoms with Crippen molar-refractivity contribution in [2.45, 2.75) is 26.7 Å². The maximum Gasteiger partial charge on any atom is 0.276 e. The van der Waals surface area contributed by atoms with Crippen molar-refractivity contribution < 1.29 is 19.1 Å². The lowest BCUT2D eigenvalue weighted by molar-refractivity contribution is -0.123. The summed E-state index contributed by atoms with van der Waals surface area (Å²) in [5.74, 6) is -0.221. The van der Waals surface area contributed by atoms with Gasteiger partial charge in [-0.1, -0.05) is 43.7 Å². The number of rotatable bonds is 7. The second kappa shape index (κ2) is 10.9. The van der Waals surface area contributed by atoms with Crippen molar-refractivity contribution in [3.05, 3.63) is 95.1 Å². The van der Waals surface area contributed by atoms with E-state index in [2.05, 4.69) is 30.0 Å². The van der Waals surface area contributed by atoms with E-state index in [4.69, 9.17) is 4.74 Å². The molecule has 0 aliphatic carbocycles. The largest absolute Gasteiger partial charge is 0.484 e. The minimum absolute atomic E-state index is 0.231. The summed E-state index contributed by atoms with van der Waals surface area (Å²) < 4.78 is 5.43. The predicted octanol–water partition coefficient (Wildman–Crippen LogP) is 4.21. The molecule has 0 aromatic heterocycles. The van der Waals surface area contributed by atoms with Gasteiger partial charge in [0.1, 0.15) is 5.75 Å². The van der Waals surface area contributed by atoms with Crippen molar-refractivity contribution in [2.75, 3.05) is 11.9 Å². The number of carbonyl (C=O) groups excluding carboxylic acids is 3. The molecule has 0 saturated carbocycles. The van der Waals surface area contributed by atoms with Crippen molar-refractivity contribution in [3.8, 4) is 5.75 Å². The summed E-state index contributed by atoms with van der Waals surface area (Å²) in [6.45, 7) is 5.88. The highest BCUT2D eigenvalue weighted by molar-refractivity contribution is 6.04. The molecular formula is C26H27N3O4. The number of nitrogens with one attached hydrogen (secondary N) is 3. The number of hydrazine groups is 1. The molecule has 3 amide bonds. The number of hydrogen-bond acceptors (Lipinski definition) is 4. The summed E-state index contributed by atoms with van der Waals surface area (Å²) in [5.41, 5.74) is 8.27. The zero-order valence-corrected chi connectivity index (χ0v) is 18.8. The van der Waals surface area contributed by atoms with Crippen molar-refractivity contribution in [3.63, 3.8) is 0 Å². The third kappa shape index (κ3) is 6.93. The third-order valence-electron chi connectivity index (χ3n) is 4.92. The Morgan fingerprint density at radius 2 is 1.52 bits per heavy atom. The fourth-order valence-electron chi connectivity index (χ4n) is 3.03. The Hall–Kier alpha value is -4.13. The molecule has 33 heavy (non-hydrogen) atoms. The third-order valence-corrected chi connectivity index (χ3v) is 4.92. The van der Waals surface area contributed by atoms with Crippen molar-refractivity contribution >= 4 is 23.4 Å². The monoisotopic (exact) mass is 445 g/mol.